The molecule has 3 aromatic rings. The van der Waals surface area contributed by atoms with Crippen LogP contribution in [-0.2, 0) is 9.59 Å². The van der Waals surface area contributed by atoms with Crippen LogP contribution in [0, 0.1) is 6.92 Å². The van der Waals surface area contributed by atoms with Crippen LogP contribution in [0.4, 0.5) is 0 Å². The van der Waals surface area contributed by atoms with Gasteiger partial charge in [-0.05, 0) is 92.1 Å². The Morgan fingerprint density at radius 3 is 1.67 bits per heavy atom. The van der Waals surface area contributed by atoms with E-state index in [-0.39, 0.29) is 11.9 Å². The van der Waals surface area contributed by atoms with Crippen molar-refractivity contribution in [2.24, 2.45) is 0 Å². The second-order valence-corrected chi connectivity index (χ2v) is 9.95. The number of carbonyl (C=O) groups excluding carboxylic acids is 4. The first-order valence-corrected chi connectivity index (χ1v) is 14.7. The Bertz CT molecular complexity index is 1300. The van der Waals surface area contributed by atoms with Gasteiger partial charge >= 0.3 is 17.9 Å². The number of rotatable bonds is 15. The molecule has 43 heavy (non-hydrogen) atoms. The van der Waals surface area contributed by atoms with Crippen LogP contribution >= 0.6 is 0 Å². The monoisotopic (exact) mass is 590 g/mol. The first-order chi connectivity index (χ1) is 20.8. The summed E-state index contributed by atoms with van der Waals surface area (Å²) in [5.74, 6) is 1.15. The zero-order chi connectivity index (χ0) is 31.5. The highest BCUT2D eigenvalue weighted by atomic mass is 16.5. The molecule has 0 unspecified atom stereocenters. The van der Waals surface area contributed by atoms with Gasteiger partial charge in [-0.25, -0.2) is 4.79 Å². The normalized spacial score (nSPS) is 10.1. The van der Waals surface area contributed by atoms with Crippen molar-refractivity contribution in [2.75, 3.05) is 7.11 Å². The third-order valence-electron chi connectivity index (χ3n) is 6.37. The summed E-state index contributed by atoms with van der Waals surface area (Å²) in [6, 6.07) is 18.0. The van der Waals surface area contributed by atoms with Crippen molar-refractivity contribution in [3.8, 4) is 23.0 Å². The Labute approximate surface area is 254 Å². The quantitative estimate of drug-likeness (QED) is 0.0757. The van der Waals surface area contributed by atoms with Gasteiger partial charge in [0.1, 0.15) is 29.3 Å². The highest BCUT2D eigenvalue weighted by Gasteiger charge is 2.11. The summed E-state index contributed by atoms with van der Waals surface area (Å²) in [6.45, 7) is 6.09. The van der Waals surface area contributed by atoms with E-state index in [4.69, 9.17) is 18.9 Å². The summed E-state index contributed by atoms with van der Waals surface area (Å²) in [5, 5.41) is 0. The van der Waals surface area contributed by atoms with Gasteiger partial charge in [-0.3, -0.25) is 14.4 Å². The Balaban J connectivity index is 0.000000344. The van der Waals surface area contributed by atoms with Gasteiger partial charge in [0.05, 0.1) is 12.7 Å². The zero-order valence-electron chi connectivity index (χ0n) is 25.6. The molecule has 0 heterocycles. The lowest BCUT2D eigenvalue weighted by Gasteiger charge is -2.09. The number of methoxy groups -OCH3 is 1. The lowest BCUT2D eigenvalue weighted by atomic mass is 10.1. The van der Waals surface area contributed by atoms with Gasteiger partial charge in [0, 0.05) is 18.4 Å². The fourth-order valence-corrected chi connectivity index (χ4v) is 3.93. The number of unbranched alkanes of at least 4 members (excludes halogenated alkanes) is 5. The molecule has 8 nitrogen and oxygen atoms in total. The summed E-state index contributed by atoms with van der Waals surface area (Å²) in [7, 11) is 1.59. The van der Waals surface area contributed by atoms with Gasteiger partial charge in [-0.15, -0.1) is 0 Å². The van der Waals surface area contributed by atoms with Gasteiger partial charge in [-0.2, -0.15) is 0 Å². The van der Waals surface area contributed by atoms with Crippen LogP contribution in [0.15, 0.2) is 66.7 Å². The van der Waals surface area contributed by atoms with Gasteiger partial charge < -0.3 is 18.9 Å². The van der Waals surface area contributed by atoms with Crippen LogP contribution in [0.25, 0.3) is 0 Å². The summed E-state index contributed by atoms with van der Waals surface area (Å²) >= 11 is 0. The molecule has 0 atom stereocenters. The molecule has 230 valence electrons. The second-order valence-electron chi connectivity index (χ2n) is 9.95. The minimum atomic E-state index is -0.475. The van der Waals surface area contributed by atoms with E-state index in [2.05, 4.69) is 13.8 Å². The highest BCUT2D eigenvalue weighted by Crippen LogP contribution is 2.24. The fourth-order valence-electron chi connectivity index (χ4n) is 3.93. The van der Waals surface area contributed by atoms with Crippen molar-refractivity contribution in [3.63, 3.8) is 0 Å². The van der Waals surface area contributed by atoms with Gasteiger partial charge in [0.2, 0.25) is 0 Å². The Morgan fingerprint density at radius 1 is 0.651 bits per heavy atom. The Kier molecular flexibility index (Phi) is 15.9. The molecule has 8 heteroatoms. The van der Waals surface area contributed by atoms with E-state index in [1.165, 1.54) is 0 Å². The Hall–Kier alpha value is -4.46. The minimum Gasteiger partial charge on any atom is -0.496 e. The molecular weight excluding hydrogens is 548 g/mol. The molecule has 0 N–H and O–H groups in total. The van der Waals surface area contributed by atoms with E-state index in [0.717, 1.165) is 62.5 Å². The van der Waals surface area contributed by atoms with E-state index < -0.39 is 5.97 Å². The number of aryl methyl sites for hydroxylation is 1. The molecule has 0 amide bonds. The molecule has 0 aliphatic carbocycles. The maximum absolute atomic E-state index is 12.3. The number of aldehydes is 1. The number of hydrogen-bond donors (Lipinski definition) is 0. The van der Waals surface area contributed by atoms with Crippen molar-refractivity contribution < 1.29 is 38.1 Å². The number of ether oxygens (including phenoxy) is 4. The van der Waals surface area contributed by atoms with E-state index in [9.17, 15) is 19.2 Å². The van der Waals surface area contributed by atoms with E-state index in [1.54, 1.807) is 73.8 Å². The third kappa shape index (κ3) is 13.4. The number of esters is 3. The van der Waals surface area contributed by atoms with E-state index >= 15 is 0 Å². The molecule has 0 radical (unpaired) electrons. The van der Waals surface area contributed by atoms with Gasteiger partial charge in [0.15, 0.2) is 0 Å². The third-order valence-corrected chi connectivity index (χ3v) is 6.37. The predicted molar refractivity (Wildman–Crippen MR) is 165 cm³/mol. The molecule has 3 rings (SSSR count). The lowest BCUT2D eigenvalue weighted by Crippen LogP contribution is -2.10. The summed E-state index contributed by atoms with van der Waals surface area (Å²) < 4.78 is 21.0. The standard InChI is InChI=1S/C22H26O5.C13H16O3/c1-4-5-6-7-8-21(23)26-18-11-9-17(10-12-18)22(24)27-19-13-14-20(25-3)16(2)15-19;1-2-3-4-5-13(15)16-12-8-6-11(10-14)7-9-12/h9-15H,4-8H2,1-3H3;6-10H,2-5H2,1H3. The van der Waals surface area contributed by atoms with Crippen LogP contribution in [0.3, 0.4) is 0 Å². The van der Waals surface area contributed by atoms with E-state index in [1.807, 2.05) is 6.92 Å². The van der Waals surface area contributed by atoms with Crippen molar-refractivity contribution in [3.05, 3.63) is 83.4 Å². The number of carbonyl (C=O) groups is 4. The van der Waals surface area contributed by atoms with Crippen LogP contribution in [0.1, 0.15) is 97.9 Å². The summed E-state index contributed by atoms with van der Waals surface area (Å²) in [4.78, 5) is 45.8. The van der Waals surface area contributed by atoms with Crippen LogP contribution in [0.2, 0.25) is 0 Å². The van der Waals surface area contributed by atoms with Crippen LogP contribution in [-0.4, -0.2) is 31.3 Å². The van der Waals surface area contributed by atoms with Crippen molar-refractivity contribution >= 4 is 24.2 Å². The molecule has 0 aromatic heterocycles. The molecule has 0 fully saturated rings. The topological polar surface area (TPSA) is 105 Å². The number of benzene rings is 3. The molecular formula is C35H42O8. The van der Waals surface area contributed by atoms with Crippen LogP contribution in [0.5, 0.6) is 23.0 Å². The van der Waals surface area contributed by atoms with Gasteiger partial charge in [-0.1, -0.05) is 46.0 Å². The van der Waals surface area contributed by atoms with Gasteiger partial charge in [0.25, 0.3) is 0 Å². The largest absolute Gasteiger partial charge is 0.496 e. The average molecular weight is 591 g/mol. The number of hydrogen-bond acceptors (Lipinski definition) is 8. The molecule has 0 aliphatic heterocycles. The van der Waals surface area contributed by atoms with E-state index in [0.29, 0.717) is 41.2 Å². The molecule has 0 aliphatic rings. The first kappa shape index (κ1) is 34.7. The predicted octanol–water partition coefficient (Wildman–Crippen LogP) is 8.08. The molecule has 3 aromatic carbocycles. The molecule has 0 spiro atoms. The maximum Gasteiger partial charge on any atom is 0.343 e. The second kappa shape index (κ2) is 19.6. The highest BCUT2D eigenvalue weighted by molar-refractivity contribution is 5.91. The van der Waals surface area contributed by atoms with Crippen molar-refractivity contribution in [1.29, 1.82) is 0 Å². The fraction of sp³-hybridized carbons (Fsp3) is 0.371. The molecule has 0 bridgehead atoms. The minimum absolute atomic E-state index is 0.215. The van der Waals surface area contributed by atoms with Crippen molar-refractivity contribution in [1.82, 2.24) is 0 Å². The summed E-state index contributed by atoms with van der Waals surface area (Å²) in [6.07, 6.45) is 8.71. The molecule has 0 saturated heterocycles. The lowest BCUT2D eigenvalue weighted by molar-refractivity contribution is -0.135. The Morgan fingerprint density at radius 2 is 1.16 bits per heavy atom. The average Bonchev–Trinajstić information content (AvgIpc) is 3.00. The maximum atomic E-state index is 12.3. The zero-order valence-corrected chi connectivity index (χ0v) is 25.6. The van der Waals surface area contributed by atoms with Crippen LogP contribution < -0.4 is 18.9 Å². The SMILES string of the molecule is CCCCCC(=O)Oc1ccc(C=O)cc1.CCCCCCC(=O)Oc1ccc(C(=O)Oc2ccc(OC)c(C)c2)cc1. The van der Waals surface area contributed by atoms with Crippen molar-refractivity contribution in [2.45, 2.75) is 78.6 Å². The smallest absolute Gasteiger partial charge is 0.343 e. The summed E-state index contributed by atoms with van der Waals surface area (Å²) in [5.41, 5.74) is 1.83. The first-order valence-electron chi connectivity index (χ1n) is 14.7. The molecule has 0 saturated carbocycles.